The molecule has 0 radical (unpaired) electrons. The van der Waals surface area contributed by atoms with Gasteiger partial charge in [0.2, 0.25) is 0 Å². The van der Waals surface area contributed by atoms with Gasteiger partial charge >= 0.3 is 0 Å². The van der Waals surface area contributed by atoms with Crippen LogP contribution in [0.15, 0.2) is 47.5 Å². The average Bonchev–Trinajstić information content (AvgIpc) is 2.77. The molecule has 1 fully saturated rings. The lowest BCUT2D eigenvalue weighted by molar-refractivity contribution is 0.372. The lowest BCUT2D eigenvalue weighted by Crippen LogP contribution is -2.52. The molecule has 0 bridgehead atoms. The third-order valence-electron chi connectivity index (χ3n) is 4.93. The van der Waals surface area contributed by atoms with E-state index in [0.717, 1.165) is 44.4 Å². The molecule has 0 unspecified atom stereocenters. The molecule has 30 heavy (non-hydrogen) atoms. The predicted molar refractivity (Wildman–Crippen MR) is 128 cm³/mol. The van der Waals surface area contributed by atoms with Crippen LogP contribution in [0.3, 0.4) is 0 Å². The standard InChI is InChI=1S/C22H26FN5O.HI/c1-3-25-22(26-16-18-5-4-17(15-24)14-21(18)23)28-12-10-27(11-13-28)19-6-8-20(29-2)9-7-19;/h4-9,14H,3,10-13,16H2,1-2H3,(H,25,26);1H. The Morgan fingerprint density at radius 3 is 2.43 bits per heavy atom. The number of nitrogens with zero attached hydrogens (tertiary/aromatic N) is 4. The summed E-state index contributed by atoms with van der Waals surface area (Å²) >= 11 is 0. The molecule has 2 aromatic rings. The lowest BCUT2D eigenvalue weighted by atomic mass is 10.1. The van der Waals surface area contributed by atoms with Crippen molar-refractivity contribution in [1.82, 2.24) is 10.2 Å². The van der Waals surface area contributed by atoms with Gasteiger partial charge in [0.1, 0.15) is 11.6 Å². The van der Waals surface area contributed by atoms with Crippen LogP contribution in [0.2, 0.25) is 0 Å². The molecule has 2 aromatic carbocycles. The quantitative estimate of drug-likeness (QED) is 0.369. The zero-order chi connectivity index (χ0) is 20.6. The topological polar surface area (TPSA) is 63.9 Å². The number of benzene rings is 2. The van der Waals surface area contributed by atoms with Crippen molar-refractivity contribution in [1.29, 1.82) is 5.26 Å². The van der Waals surface area contributed by atoms with Crippen molar-refractivity contribution >= 4 is 35.6 Å². The fourth-order valence-corrected chi connectivity index (χ4v) is 3.30. The largest absolute Gasteiger partial charge is 0.497 e. The van der Waals surface area contributed by atoms with Gasteiger partial charge in [-0.15, -0.1) is 24.0 Å². The number of methoxy groups -OCH3 is 1. The highest BCUT2D eigenvalue weighted by Crippen LogP contribution is 2.20. The Kier molecular flexibility index (Phi) is 9.17. The minimum absolute atomic E-state index is 0. The van der Waals surface area contributed by atoms with Crippen LogP contribution in [0, 0.1) is 17.1 Å². The summed E-state index contributed by atoms with van der Waals surface area (Å²) in [6.07, 6.45) is 0. The number of ether oxygens (including phenoxy) is 1. The molecule has 0 saturated carbocycles. The van der Waals surface area contributed by atoms with E-state index in [1.807, 2.05) is 25.1 Å². The van der Waals surface area contributed by atoms with Crippen LogP contribution in [0.1, 0.15) is 18.1 Å². The van der Waals surface area contributed by atoms with Gasteiger partial charge in [0.05, 0.1) is 25.3 Å². The van der Waals surface area contributed by atoms with Gasteiger partial charge < -0.3 is 19.9 Å². The molecule has 3 rings (SSSR count). The van der Waals surface area contributed by atoms with Crippen LogP contribution >= 0.6 is 24.0 Å². The SMILES string of the molecule is CCNC(=NCc1ccc(C#N)cc1F)N1CCN(c2ccc(OC)cc2)CC1.I. The van der Waals surface area contributed by atoms with Crippen LogP contribution in [0.5, 0.6) is 5.75 Å². The summed E-state index contributed by atoms with van der Waals surface area (Å²) in [4.78, 5) is 9.15. The third-order valence-corrected chi connectivity index (χ3v) is 4.93. The van der Waals surface area contributed by atoms with Crippen LogP contribution < -0.4 is 15.0 Å². The van der Waals surface area contributed by atoms with E-state index in [0.29, 0.717) is 11.1 Å². The van der Waals surface area contributed by atoms with E-state index in [-0.39, 0.29) is 30.5 Å². The number of anilines is 1. The van der Waals surface area contributed by atoms with Gasteiger partial charge in [0, 0.05) is 44.0 Å². The highest BCUT2D eigenvalue weighted by atomic mass is 127. The number of guanidine groups is 1. The summed E-state index contributed by atoms with van der Waals surface area (Å²) in [5.41, 5.74) is 1.97. The normalized spacial score (nSPS) is 14.0. The Bertz CT molecular complexity index is 889. The summed E-state index contributed by atoms with van der Waals surface area (Å²) < 4.78 is 19.4. The van der Waals surface area contributed by atoms with Gasteiger partial charge in [-0.3, -0.25) is 0 Å². The smallest absolute Gasteiger partial charge is 0.194 e. The van der Waals surface area contributed by atoms with Crippen molar-refractivity contribution in [3.8, 4) is 11.8 Å². The Labute approximate surface area is 194 Å². The number of hydrogen-bond donors (Lipinski definition) is 1. The van der Waals surface area contributed by atoms with Crippen molar-refractivity contribution in [3.05, 3.63) is 59.4 Å². The summed E-state index contributed by atoms with van der Waals surface area (Å²) in [5.74, 6) is 1.24. The van der Waals surface area contributed by atoms with E-state index in [1.54, 1.807) is 19.2 Å². The lowest BCUT2D eigenvalue weighted by Gasteiger charge is -2.37. The Morgan fingerprint density at radius 1 is 1.17 bits per heavy atom. The van der Waals surface area contributed by atoms with Crippen molar-refractivity contribution in [2.45, 2.75) is 13.5 Å². The van der Waals surface area contributed by atoms with E-state index in [2.05, 4.69) is 32.2 Å². The molecule has 0 aliphatic carbocycles. The van der Waals surface area contributed by atoms with E-state index in [9.17, 15) is 4.39 Å². The maximum absolute atomic E-state index is 14.1. The van der Waals surface area contributed by atoms with Gasteiger partial charge in [-0.05, 0) is 43.3 Å². The first-order valence-corrected chi connectivity index (χ1v) is 9.75. The Balaban J connectivity index is 0.00000320. The molecule has 160 valence electrons. The number of piperazine rings is 1. The van der Waals surface area contributed by atoms with Crippen LogP contribution in [0.4, 0.5) is 10.1 Å². The van der Waals surface area contributed by atoms with Crippen molar-refractivity contribution in [2.24, 2.45) is 4.99 Å². The molecule has 0 spiro atoms. The molecule has 1 saturated heterocycles. The molecule has 6 nitrogen and oxygen atoms in total. The number of hydrogen-bond acceptors (Lipinski definition) is 4. The van der Waals surface area contributed by atoms with E-state index in [4.69, 9.17) is 10.00 Å². The molecule has 0 aromatic heterocycles. The highest BCUT2D eigenvalue weighted by Gasteiger charge is 2.20. The zero-order valence-corrected chi connectivity index (χ0v) is 19.6. The molecule has 1 aliphatic rings. The second kappa shape index (κ2) is 11.6. The van der Waals surface area contributed by atoms with Crippen molar-refractivity contribution < 1.29 is 9.13 Å². The summed E-state index contributed by atoms with van der Waals surface area (Å²) in [6, 6.07) is 14.5. The predicted octanol–water partition coefficient (Wildman–Crippen LogP) is 3.61. The van der Waals surface area contributed by atoms with Gasteiger partial charge in [0.15, 0.2) is 5.96 Å². The number of aliphatic imine (C=N–C) groups is 1. The van der Waals surface area contributed by atoms with E-state index < -0.39 is 5.82 Å². The highest BCUT2D eigenvalue weighted by molar-refractivity contribution is 14.0. The van der Waals surface area contributed by atoms with Crippen LogP contribution in [-0.2, 0) is 6.54 Å². The second-order valence-corrected chi connectivity index (χ2v) is 6.76. The first kappa shape index (κ1) is 23.7. The Morgan fingerprint density at radius 2 is 1.87 bits per heavy atom. The van der Waals surface area contributed by atoms with Crippen LogP contribution in [0.25, 0.3) is 0 Å². The monoisotopic (exact) mass is 523 g/mol. The molecular formula is C22H27FIN5O. The molecule has 0 amide bonds. The van der Waals surface area contributed by atoms with Crippen molar-refractivity contribution in [3.63, 3.8) is 0 Å². The molecule has 0 atom stereocenters. The van der Waals surface area contributed by atoms with E-state index in [1.165, 1.54) is 11.8 Å². The fourth-order valence-electron chi connectivity index (χ4n) is 3.30. The first-order chi connectivity index (χ1) is 14.1. The number of nitrogens with one attached hydrogen (secondary N) is 1. The molecule has 1 heterocycles. The summed E-state index contributed by atoms with van der Waals surface area (Å²) in [5, 5.41) is 12.2. The molecule has 1 aliphatic heterocycles. The number of halogens is 2. The van der Waals surface area contributed by atoms with Gasteiger partial charge in [-0.25, -0.2) is 9.38 Å². The zero-order valence-electron chi connectivity index (χ0n) is 17.3. The third kappa shape index (κ3) is 5.98. The van der Waals surface area contributed by atoms with Gasteiger partial charge in [-0.2, -0.15) is 5.26 Å². The fraction of sp³-hybridized carbons (Fsp3) is 0.364. The average molecular weight is 523 g/mol. The minimum atomic E-state index is -0.395. The summed E-state index contributed by atoms with van der Waals surface area (Å²) in [7, 11) is 1.67. The van der Waals surface area contributed by atoms with E-state index >= 15 is 0 Å². The second-order valence-electron chi connectivity index (χ2n) is 6.76. The summed E-state index contributed by atoms with van der Waals surface area (Å²) in [6.45, 7) is 6.41. The molecular weight excluding hydrogens is 496 g/mol. The minimum Gasteiger partial charge on any atom is -0.497 e. The Hall–Kier alpha value is -2.54. The first-order valence-electron chi connectivity index (χ1n) is 9.75. The molecule has 1 N–H and O–H groups in total. The number of rotatable bonds is 5. The molecule has 8 heteroatoms. The van der Waals surface area contributed by atoms with Gasteiger partial charge in [0.25, 0.3) is 0 Å². The number of nitriles is 1. The maximum Gasteiger partial charge on any atom is 0.194 e. The van der Waals surface area contributed by atoms with Crippen molar-refractivity contribution in [2.75, 3.05) is 44.7 Å². The van der Waals surface area contributed by atoms with Crippen LogP contribution in [-0.4, -0.2) is 50.7 Å². The maximum atomic E-state index is 14.1. The van der Waals surface area contributed by atoms with Gasteiger partial charge in [-0.1, -0.05) is 6.07 Å².